The van der Waals surface area contributed by atoms with Gasteiger partial charge in [-0.05, 0) is 12.5 Å². The molecule has 1 fully saturated rings. The third-order valence-corrected chi connectivity index (χ3v) is 7.63. The number of unbranched alkanes of at least 4 members (excludes halogenated alkanes) is 14. The first-order valence-electron chi connectivity index (χ1n) is 14.8. The maximum Gasteiger partial charge on any atom is 0.469 e. The maximum absolute atomic E-state index is 14.5. The summed E-state index contributed by atoms with van der Waals surface area (Å²) in [5, 5.41) is 12.3. The molecule has 0 bridgehead atoms. The van der Waals surface area contributed by atoms with E-state index in [1.807, 2.05) is 0 Å². The molecular formula is C27H46F2N3O8P. The number of aliphatic hydroxyl groups excluding tert-OH is 1. The summed E-state index contributed by atoms with van der Waals surface area (Å²) in [6.45, 7) is 1.21. The van der Waals surface area contributed by atoms with Crippen LogP contribution in [0.25, 0.3) is 0 Å². The van der Waals surface area contributed by atoms with E-state index in [0.29, 0.717) is 11.0 Å². The Morgan fingerprint density at radius 2 is 1.54 bits per heavy atom. The summed E-state index contributed by atoms with van der Waals surface area (Å²) in [5.74, 6) is -4.44. The Labute approximate surface area is 240 Å². The monoisotopic (exact) mass is 609 g/mol. The van der Waals surface area contributed by atoms with Gasteiger partial charge in [-0.3, -0.25) is 13.9 Å². The molecule has 2 rings (SSSR count). The van der Waals surface area contributed by atoms with Gasteiger partial charge in [0.2, 0.25) is 12.1 Å². The largest absolute Gasteiger partial charge is 0.469 e. The van der Waals surface area contributed by atoms with E-state index in [2.05, 4.69) is 21.7 Å². The van der Waals surface area contributed by atoms with E-state index in [-0.39, 0.29) is 18.1 Å². The predicted molar refractivity (Wildman–Crippen MR) is 150 cm³/mol. The Kier molecular flexibility index (Phi) is 15.6. The molecule has 0 radical (unpaired) electrons. The van der Waals surface area contributed by atoms with Crippen LogP contribution in [0.15, 0.2) is 17.1 Å². The Bertz CT molecular complexity index is 1020. The molecule has 236 valence electrons. The van der Waals surface area contributed by atoms with Gasteiger partial charge in [0.05, 0.1) is 6.61 Å². The molecule has 4 N–H and O–H groups in total. The van der Waals surface area contributed by atoms with Crippen LogP contribution in [0.5, 0.6) is 0 Å². The second kappa shape index (κ2) is 18.0. The minimum atomic E-state index is -4.99. The lowest BCUT2D eigenvalue weighted by molar-refractivity contribution is -0.140. The third-order valence-electron chi connectivity index (χ3n) is 7.14. The number of phosphoric ester groups is 1. The molecule has 11 nitrogen and oxygen atoms in total. The molecule has 1 aromatic rings. The SMILES string of the molecule is CCCCCCCCCCCCCCCCCC(=O)Nc1ccn([C@@H]2O[C@H](COP(=O)(O)O)C(O)C2(F)F)c(=O)n1. The van der Waals surface area contributed by atoms with Gasteiger partial charge in [-0.2, -0.15) is 13.8 Å². The lowest BCUT2D eigenvalue weighted by Gasteiger charge is -2.21. The molecule has 0 saturated carbocycles. The van der Waals surface area contributed by atoms with Crippen molar-refractivity contribution in [3.05, 3.63) is 22.7 Å². The molecule has 1 saturated heterocycles. The highest BCUT2D eigenvalue weighted by Crippen LogP contribution is 2.44. The topological polar surface area (TPSA) is 160 Å². The van der Waals surface area contributed by atoms with Gasteiger partial charge in [-0.15, -0.1) is 0 Å². The summed E-state index contributed by atoms with van der Waals surface area (Å²) in [6, 6.07) is 1.15. The number of aromatic nitrogens is 2. The van der Waals surface area contributed by atoms with E-state index in [0.717, 1.165) is 31.5 Å². The summed E-state index contributed by atoms with van der Waals surface area (Å²) in [4.78, 5) is 45.7. The zero-order valence-electron chi connectivity index (χ0n) is 23.9. The molecular weight excluding hydrogens is 563 g/mol. The Morgan fingerprint density at radius 3 is 2.02 bits per heavy atom. The van der Waals surface area contributed by atoms with Crippen molar-refractivity contribution in [1.82, 2.24) is 9.55 Å². The van der Waals surface area contributed by atoms with Crippen molar-refractivity contribution in [1.29, 1.82) is 0 Å². The molecule has 14 heteroatoms. The highest BCUT2D eigenvalue weighted by Gasteiger charge is 2.60. The van der Waals surface area contributed by atoms with Gasteiger partial charge in [-0.1, -0.05) is 96.8 Å². The summed E-state index contributed by atoms with van der Waals surface area (Å²) in [6.07, 6.45) is 12.8. The molecule has 1 aliphatic rings. The van der Waals surface area contributed by atoms with Crippen LogP contribution in [-0.2, 0) is 18.6 Å². The van der Waals surface area contributed by atoms with Gasteiger partial charge in [-0.25, -0.2) is 9.36 Å². The summed E-state index contributed by atoms with van der Waals surface area (Å²) < 4.78 is 49.5. The van der Waals surface area contributed by atoms with Crippen LogP contribution >= 0.6 is 7.82 Å². The van der Waals surface area contributed by atoms with Crippen molar-refractivity contribution >= 4 is 19.5 Å². The van der Waals surface area contributed by atoms with Crippen LogP contribution < -0.4 is 11.0 Å². The average molecular weight is 610 g/mol. The number of phosphoric acid groups is 1. The number of carbonyl (C=O) groups excluding carboxylic acids is 1. The lowest BCUT2D eigenvalue weighted by atomic mass is 10.0. The fourth-order valence-corrected chi connectivity index (χ4v) is 5.14. The first-order valence-corrected chi connectivity index (χ1v) is 16.3. The number of hydrogen-bond acceptors (Lipinski definition) is 7. The van der Waals surface area contributed by atoms with Crippen LogP contribution in [-0.4, -0.2) is 55.1 Å². The van der Waals surface area contributed by atoms with Crippen molar-refractivity contribution < 1.29 is 42.3 Å². The van der Waals surface area contributed by atoms with Gasteiger partial charge >= 0.3 is 19.4 Å². The predicted octanol–water partition coefficient (Wildman–Crippen LogP) is 5.45. The van der Waals surface area contributed by atoms with Crippen LogP contribution in [0, 0.1) is 0 Å². The normalized spacial score (nSPS) is 20.4. The highest BCUT2D eigenvalue weighted by atomic mass is 31.2. The van der Waals surface area contributed by atoms with E-state index in [9.17, 15) is 28.0 Å². The Morgan fingerprint density at radius 1 is 1.02 bits per heavy atom. The second-order valence-electron chi connectivity index (χ2n) is 10.7. The van der Waals surface area contributed by atoms with Crippen LogP contribution in [0.2, 0.25) is 0 Å². The number of hydrogen-bond donors (Lipinski definition) is 4. The average Bonchev–Trinajstić information content (AvgIpc) is 3.12. The Balaban J connectivity index is 1.63. The number of alkyl halides is 2. The van der Waals surface area contributed by atoms with Crippen molar-refractivity contribution in [2.24, 2.45) is 0 Å². The van der Waals surface area contributed by atoms with E-state index in [1.165, 1.54) is 70.6 Å². The van der Waals surface area contributed by atoms with Crippen LogP contribution in [0.1, 0.15) is 116 Å². The number of aliphatic hydroxyl groups is 1. The number of nitrogens with one attached hydrogen (secondary N) is 1. The van der Waals surface area contributed by atoms with E-state index in [1.54, 1.807) is 0 Å². The van der Waals surface area contributed by atoms with Gasteiger partial charge in [0.25, 0.3) is 0 Å². The summed E-state index contributed by atoms with van der Waals surface area (Å²) in [5.41, 5.74) is -1.16. The standard InChI is InChI=1S/C27H46F2N3O8P/c1-2-3-4-5-6-7-8-9-10-11-12-13-14-15-16-17-23(33)30-22-18-19-32(26(35)31-22)25-27(28,29)24(34)21(40-25)20-39-41(36,37)38/h18-19,21,24-25,34H,2-17,20H2,1H3,(H2,36,37,38)(H,30,31,33,35)/t21-,24?,25-/m1/s1. The number of ether oxygens (including phenoxy) is 1. The zero-order chi connectivity index (χ0) is 30.3. The molecule has 3 atom stereocenters. The molecule has 1 aliphatic heterocycles. The molecule has 0 spiro atoms. The summed E-state index contributed by atoms with van der Waals surface area (Å²) in [7, 11) is -4.99. The number of halogens is 2. The maximum atomic E-state index is 14.5. The fraction of sp³-hybridized carbons (Fsp3) is 0.815. The molecule has 2 heterocycles. The number of amides is 1. The minimum Gasteiger partial charge on any atom is -0.384 e. The number of nitrogens with zero attached hydrogens (tertiary/aromatic N) is 2. The highest BCUT2D eigenvalue weighted by molar-refractivity contribution is 7.46. The first kappa shape index (κ1) is 35.4. The Hall–Kier alpha value is -1.76. The second-order valence-corrected chi connectivity index (χ2v) is 11.9. The van der Waals surface area contributed by atoms with Gasteiger partial charge in [0, 0.05) is 12.6 Å². The zero-order valence-corrected chi connectivity index (χ0v) is 24.8. The molecule has 1 unspecified atom stereocenters. The number of rotatable bonds is 21. The number of carbonyl (C=O) groups is 1. The van der Waals surface area contributed by atoms with Crippen LogP contribution in [0.4, 0.5) is 14.6 Å². The molecule has 1 aromatic heterocycles. The number of anilines is 1. The van der Waals surface area contributed by atoms with Crippen molar-refractivity contribution in [3.8, 4) is 0 Å². The third kappa shape index (κ3) is 13.0. The molecule has 1 amide bonds. The molecule has 0 aromatic carbocycles. The smallest absolute Gasteiger partial charge is 0.384 e. The van der Waals surface area contributed by atoms with Crippen molar-refractivity contribution in [2.45, 2.75) is 134 Å². The van der Waals surface area contributed by atoms with Crippen molar-refractivity contribution in [2.75, 3.05) is 11.9 Å². The first-order chi connectivity index (χ1) is 19.5. The van der Waals surface area contributed by atoms with E-state index < -0.39 is 44.5 Å². The van der Waals surface area contributed by atoms with Crippen molar-refractivity contribution in [3.63, 3.8) is 0 Å². The molecule has 0 aliphatic carbocycles. The van der Waals surface area contributed by atoms with Gasteiger partial charge in [0.15, 0.2) is 6.10 Å². The van der Waals surface area contributed by atoms with Gasteiger partial charge < -0.3 is 24.9 Å². The lowest BCUT2D eigenvalue weighted by Crippen LogP contribution is -2.42. The van der Waals surface area contributed by atoms with E-state index in [4.69, 9.17) is 14.5 Å². The minimum absolute atomic E-state index is 0.111. The summed E-state index contributed by atoms with van der Waals surface area (Å²) >= 11 is 0. The molecule has 41 heavy (non-hydrogen) atoms. The van der Waals surface area contributed by atoms with E-state index >= 15 is 0 Å². The quantitative estimate of drug-likeness (QED) is 0.105. The van der Waals surface area contributed by atoms with Gasteiger partial charge in [0.1, 0.15) is 11.9 Å². The van der Waals surface area contributed by atoms with Crippen LogP contribution in [0.3, 0.4) is 0 Å². The fourth-order valence-electron chi connectivity index (χ4n) is 4.80.